The van der Waals surface area contributed by atoms with Crippen LogP contribution in [0.5, 0.6) is 0 Å². The molecular formula is C14H29N3. The third kappa shape index (κ3) is 3.67. The Balaban J connectivity index is 1.74. The van der Waals surface area contributed by atoms with Crippen LogP contribution in [0, 0.1) is 5.92 Å². The van der Waals surface area contributed by atoms with Gasteiger partial charge in [0.15, 0.2) is 0 Å². The fraction of sp³-hybridized carbons (Fsp3) is 1.00. The van der Waals surface area contributed by atoms with E-state index in [4.69, 9.17) is 0 Å². The van der Waals surface area contributed by atoms with Crippen molar-refractivity contribution in [2.45, 2.75) is 45.2 Å². The third-order valence-corrected chi connectivity index (χ3v) is 4.55. The molecule has 0 aromatic heterocycles. The molecule has 3 heteroatoms. The summed E-state index contributed by atoms with van der Waals surface area (Å²) in [5.74, 6) is 0.925. The molecule has 1 atom stereocenters. The number of rotatable bonds is 4. The first kappa shape index (κ1) is 13.3. The van der Waals surface area contributed by atoms with Gasteiger partial charge < -0.3 is 10.2 Å². The molecule has 2 rings (SSSR count). The van der Waals surface area contributed by atoms with Gasteiger partial charge in [0.05, 0.1) is 0 Å². The predicted octanol–water partition coefficient (Wildman–Crippen LogP) is 1.40. The van der Waals surface area contributed by atoms with Crippen LogP contribution in [0.3, 0.4) is 0 Å². The molecule has 100 valence electrons. The summed E-state index contributed by atoms with van der Waals surface area (Å²) in [5, 5.41) is 3.45. The zero-order valence-corrected chi connectivity index (χ0v) is 11.8. The molecule has 0 aromatic rings. The highest BCUT2D eigenvalue weighted by atomic mass is 15.3. The van der Waals surface area contributed by atoms with E-state index in [-0.39, 0.29) is 0 Å². The normalized spacial score (nSPS) is 28.4. The van der Waals surface area contributed by atoms with Crippen LogP contribution in [0.4, 0.5) is 0 Å². The van der Waals surface area contributed by atoms with Gasteiger partial charge in [-0.1, -0.05) is 0 Å². The highest BCUT2D eigenvalue weighted by Crippen LogP contribution is 2.20. The van der Waals surface area contributed by atoms with Crippen molar-refractivity contribution >= 4 is 0 Å². The zero-order chi connectivity index (χ0) is 12.3. The van der Waals surface area contributed by atoms with E-state index in [0.29, 0.717) is 6.04 Å². The molecule has 0 bridgehead atoms. The molecule has 0 spiro atoms. The SMILES string of the molecule is CC(C)N1CCC(N(C)CC2CCNCC2)C1. The lowest BCUT2D eigenvalue weighted by Gasteiger charge is -2.31. The zero-order valence-electron chi connectivity index (χ0n) is 11.8. The minimum absolute atomic E-state index is 0.715. The minimum atomic E-state index is 0.715. The fourth-order valence-electron chi connectivity index (χ4n) is 3.22. The molecule has 1 unspecified atom stereocenters. The number of hydrogen-bond acceptors (Lipinski definition) is 3. The summed E-state index contributed by atoms with van der Waals surface area (Å²) in [4.78, 5) is 5.24. The van der Waals surface area contributed by atoms with Crippen LogP contribution in [0.25, 0.3) is 0 Å². The number of likely N-dealkylation sites (tertiary alicyclic amines) is 1. The summed E-state index contributed by atoms with van der Waals surface area (Å²) >= 11 is 0. The van der Waals surface area contributed by atoms with Gasteiger partial charge in [-0.15, -0.1) is 0 Å². The summed E-state index contributed by atoms with van der Waals surface area (Å²) in [6, 6.07) is 1.51. The summed E-state index contributed by atoms with van der Waals surface area (Å²) < 4.78 is 0. The van der Waals surface area contributed by atoms with Gasteiger partial charge in [0.1, 0.15) is 0 Å². The quantitative estimate of drug-likeness (QED) is 0.800. The van der Waals surface area contributed by atoms with Crippen molar-refractivity contribution in [1.82, 2.24) is 15.1 Å². The molecule has 2 aliphatic heterocycles. The van der Waals surface area contributed by atoms with E-state index in [2.05, 4.69) is 36.0 Å². The maximum absolute atomic E-state index is 3.45. The number of nitrogens with zero attached hydrogens (tertiary/aromatic N) is 2. The molecule has 0 amide bonds. The largest absolute Gasteiger partial charge is 0.317 e. The van der Waals surface area contributed by atoms with Gasteiger partial charge in [-0.25, -0.2) is 0 Å². The molecule has 17 heavy (non-hydrogen) atoms. The standard InChI is InChI=1S/C14H29N3/c1-12(2)17-9-6-14(11-17)16(3)10-13-4-7-15-8-5-13/h12-15H,4-11H2,1-3H3. The summed E-state index contributed by atoms with van der Waals surface area (Å²) in [6.45, 7) is 10.9. The van der Waals surface area contributed by atoms with Crippen molar-refractivity contribution in [1.29, 1.82) is 0 Å². The van der Waals surface area contributed by atoms with Gasteiger partial charge >= 0.3 is 0 Å². The van der Waals surface area contributed by atoms with E-state index in [9.17, 15) is 0 Å². The second-order valence-corrected chi connectivity index (χ2v) is 6.16. The van der Waals surface area contributed by atoms with Crippen molar-refractivity contribution in [2.75, 3.05) is 39.8 Å². The van der Waals surface area contributed by atoms with Gasteiger partial charge in [0.2, 0.25) is 0 Å². The molecule has 0 radical (unpaired) electrons. The Hall–Kier alpha value is -0.120. The van der Waals surface area contributed by atoms with E-state index >= 15 is 0 Å². The molecule has 0 saturated carbocycles. The van der Waals surface area contributed by atoms with Gasteiger partial charge in [-0.2, -0.15) is 0 Å². The molecule has 1 N–H and O–H groups in total. The van der Waals surface area contributed by atoms with E-state index in [1.54, 1.807) is 0 Å². The monoisotopic (exact) mass is 239 g/mol. The van der Waals surface area contributed by atoms with E-state index in [1.807, 2.05) is 0 Å². The van der Waals surface area contributed by atoms with Gasteiger partial charge in [-0.05, 0) is 59.2 Å². The number of piperidine rings is 1. The van der Waals surface area contributed by atoms with Gasteiger partial charge in [0, 0.05) is 31.7 Å². The van der Waals surface area contributed by atoms with E-state index in [0.717, 1.165) is 12.0 Å². The Kier molecular flexibility index (Phi) is 4.83. The highest BCUT2D eigenvalue weighted by molar-refractivity contribution is 4.85. The number of nitrogens with one attached hydrogen (secondary N) is 1. The Morgan fingerprint density at radius 2 is 1.94 bits per heavy atom. The van der Waals surface area contributed by atoms with Crippen LogP contribution in [-0.4, -0.2) is 61.7 Å². The summed E-state index contributed by atoms with van der Waals surface area (Å²) in [6.07, 6.45) is 4.09. The molecule has 3 nitrogen and oxygen atoms in total. The average molecular weight is 239 g/mol. The fourth-order valence-corrected chi connectivity index (χ4v) is 3.22. The second-order valence-electron chi connectivity index (χ2n) is 6.16. The van der Waals surface area contributed by atoms with E-state index < -0.39 is 0 Å². The molecule has 2 saturated heterocycles. The lowest BCUT2D eigenvalue weighted by atomic mass is 9.97. The number of likely N-dealkylation sites (N-methyl/N-ethyl adjacent to an activating group) is 1. The summed E-state index contributed by atoms with van der Waals surface area (Å²) in [7, 11) is 2.33. The average Bonchev–Trinajstić information content (AvgIpc) is 2.79. The maximum Gasteiger partial charge on any atom is 0.0232 e. The first-order valence-corrected chi connectivity index (χ1v) is 7.32. The second kappa shape index (κ2) is 6.17. The first-order chi connectivity index (χ1) is 8.16. The Morgan fingerprint density at radius 3 is 2.53 bits per heavy atom. The Labute approximate surface area is 107 Å². The molecule has 0 aromatic carbocycles. The lowest BCUT2D eigenvalue weighted by molar-refractivity contribution is 0.176. The maximum atomic E-state index is 3.45. The van der Waals surface area contributed by atoms with Crippen molar-refractivity contribution in [3.8, 4) is 0 Å². The topological polar surface area (TPSA) is 18.5 Å². The number of hydrogen-bond donors (Lipinski definition) is 1. The van der Waals surface area contributed by atoms with Crippen LogP contribution in [0.2, 0.25) is 0 Å². The molecular weight excluding hydrogens is 210 g/mol. The smallest absolute Gasteiger partial charge is 0.0232 e. The highest BCUT2D eigenvalue weighted by Gasteiger charge is 2.28. The van der Waals surface area contributed by atoms with Crippen LogP contribution < -0.4 is 5.32 Å². The van der Waals surface area contributed by atoms with Crippen molar-refractivity contribution in [3.63, 3.8) is 0 Å². The molecule has 0 aliphatic carbocycles. The van der Waals surface area contributed by atoms with Crippen LogP contribution >= 0.6 is 0 Å². The van der Waals surface area contributed by atoms with Crippen LogP contribution in [-0.2, 0) is 0 Å². The van der Waals surface area contributed by atoms with Crippen molar-refractivity contribution < 1.29 is 0 Å². The molecule has 2 fully saturated rings. The van der Waals surface area contributed by atoms with Gasteiger partial charge in [0.25, 0.3) is 0 Å². The third-order valence-electron chi connectivity index (χ3n) is 4.55. The Morgan fingerprint density at radius 1 is 1.24 bits per heavy atom. The molecule has 2 heterocycles. The summed E-state index contributed by atoms with van der Waals surface area (Å²) in [5.41, 5.74) is 0. The Bertz CT molecular complexity index is 224. The van der Waals surface area contributed by atoms with Crippen LogP contribution in [0.1, 0.15) is 33.1 Å². The van der Waals surface area contributed by atoms with Crippen molar-refractivity contribution in [3.05, 3.63) is 0 Å². The predicted molar refractivity (Wildman–Crippen MR) is 73.3 cm³/mol. The van der Waals surface area contributed by atoms with E-state index in [1.165, 1.54) is 52.0 Å². The van der Waals surface area contributed by atoms with Gasteiger partial charge in [-0.3, -0.25) is 4.90 Å². The minimum Gasteiger partial charge on any atom is -0.317 e. The first-order valence-electron chi connectivity index (χ1n) is 7.32. The molecule has 2 aliphatic rings. The van der Waals surface area contributed by atoms with Crippen LogP contribution in [0.15, 0.2) is 0 Å². The van der Waals surface area contributed by atoms with Crippen molar-refractivity contribution in [2.24, 2.45) is 5.92 Å². The lowest BCUT2D eigenvalue weighted by Crippen LogP contribution is -2.41.